The highest BCUT2D eigenvalue weighted by Crippen LogP contribution is 2.35. The fourth-order valence-corrected chi connectivity index (χ4v) is 6.96. The molecule has 1 atom stereocenters. The fourth-order valence-electron chi connectivity index (χ4n) is 6.96. The van der Waals surface area contributed by atoms with Crippen LogP contribution in [0.5, 0.6) is 11.6 Å². The Labute approximate surface area is 301 Å². The maximum Gasteiger partial charge on any atom is 0.257 e. The van der Waals surface area contributed by atoms with E-state index in [2.05, 4.69) is 48.4 Å². The maximum atomic E-state index is 13.9. The van der Waals surface area contributed by atoms with Crippen LogP contribution in [0.25, 0.3) is 39.4 Å². The first-order valence-electron chi connectivity index (χ1n) is 17.9. The van der Waals surface area contributed by atoms with Crippen LogP contribution < -0.4 is 14.4 Å². The molecule has 1 aliphatic carbocycles. The molecule has 4 aromatic heterocycles. The number of nitrogens with one attached hydrogen (secondary N) is 1. The lowest BCUT2D eigenvalue weighted by molar-refractivity contribution is -0.132. The number of aryl methyl sites for hydroxylation is 1. The van der Waals surface area contributed by atoms with E-state index in [0.717, 1.165) is 35.9 Å². The summed E-state index contributed by atoms with van der Waals surface area (Å²) in [5, 5.41) is 11.9. The number of methoxy groups -OCH3 is 1. The number of H-pyrrole nitrogens is 1. The number of nitrogens with zero attached hydrogens (tertiary/aromatic N) is 9. The predicted molar refractivity (Wildman–Crippen MR) is 196 cm³/mol. The number of rotatable bonds is 11. The van der Waals surface area contributed by atoms with Crippen molar-refractivity contribution < 1.29 is 19.1 Å². The molecule has 1 aromatic carbocycles. The molecule has 3 aliphatic rings. The highest BCUT2D eigenvalue weighted by atomic mass is 16.5. The van der Waals surface area contributed by atoms with Crippen molar-refractivity contribution in [1.82, 2.24) is 44.7 Å². The maximum absolute atomic E-state index is 13.9. The summed E-state index contributed by atoms with van der Waals surface area (Å²) in [5.41, 5.74) is 5.87. The Morgan fingerprint density at radius 2 is 1.83 bits per heavy atom. The number of aromatic amines is 1. The zero-order valence-electron chi connectivity index (χ0n) is 29.7. The van der Waals surface area contributed by atoms with Gasteiger partial charge in [0.05, 0.1) is 36.9 Å². The average molecular weight is 703 g/mol. The van der Waals surface area contributed by atoms with Crippen molar-refractivity contribution in [2.45, 2.75) is 38.7 Å². The number of likely N-dealkylation sites (tertiary alicyclic amines) is 1. The number of carbonyl (C=O) groups is 2. The normalized spacial score (nSPS) is 17.7. The number of amides is 2. The Balaban J connectivity index is 0.886. The Bertz CT molecular complexity index is 2140. The molecule has 0 bridgehead atoms. The second kappa shape index (κ2) is 14.2. The van der Waals surface area contributed by atoms with Gasteiger partial charge in [-0.15, -0.1) is 0 Å². The van der Waals surface area contributed by atoms with Crippen LogP contribution in [-0.2, 0) is 16.6 Å². The van der Waals surface area contributed by atoms with Crippen LogP contribution in [0.3, 0.4) is 0 Å². The summed E-state index contributed by atoms with van der Waals surface area (Å²) in [7, 11) is 3.42. The Kier molecular flexibility index (Phi) is 9.14. The third-order valence-corrected chi connectivity index (χ3v) is 9.99. The Morgan fingerprint density at radius 3 is 2.54 bits per heavy atom. The van der Waals surface area contributed by atoms with Gasteiger partial charge in [0.25, 0.3) is 5.88 Å². The molecular formula is C38H42N10O4. The lowest BCUT2D eigenvalue weighted by Gasteiger charge is -2.29. The van der Waals surface area contributed by atoms with Crippen LogP contribution in [0.1, 0.15) is 38.2 Å². The summed E-state index contributed by atoms with van der Waals surface area (Å²) in [5.74, 6) is 2.13. The number of benzene rings is 1. The molecule has 8 rings (SSSR count). The van der Waals surface area contributed by atoms with Gasteiger partial charge in [0, 0.05) is 38.8 Å². The summed E-state index contributed by atoms with van der Waals surface area (Å²) < 4.78 is 13.1. The Morgan fingerprint density at radius 1 is 1.00 bits per heavy atom. The number of aromatic nitrogens is 7. The number of hydrogen-bond donors (Lipinski definition) is 1. The van der Waals surface area contributed by atoms with Crippen molar-refractivity contribution in [2.24, 2.45) is 13.0 Å². The minimum atomic E-state index is -0.226. The summed E-state index contributed by atoms with van der Waals surface area (Å²) in [4.78, 5) is 46.9. The molecule has 14 heteroatoms. The molecule has 6 heterocycles. The van der Waals surface area contributed by atoms with Crippen LogP contribution in [-0.4, -0.2) is 109 Å². The van der Waals surface area contributed by atoms with Crippen LogP contribution >= 0.6 is 0 Å². The van der Waals surface area contributed by atoms with E-state index in [1.165, 1.54) is 5.57 Å². The molecular weight excluding hydrogens is 660 g/mol. The van der Waals surface area contributed by atoms with Crippen LogP contribution in [0, 0.1) is 5.92 Å². The predicted octanol–water partition coefficient (Wildman–Crippen LogP) is 4.36. The molecule has 1 saturated carbocycles. The van der Waals surface area contributed by atoms with Gasteiger partial charge in [-0.05, 0) is 74.6 Å². The minimum Gasteiger partial charge on any atom is -0.485 e. The molecule has 2 amide bonds. The van der Waals surface area contributed by atoms with Crippen LogP contribution in [0.2, 0.25) is 0 Å². The van der Waals surface area contributed by atoms with Gasteiger partial charge < -0.3 is 14.4 Å². The summed E-state index contributed by atoms with van der Waals surface area (Å²) in [6.45, 7) is 5.18. The molecule has 0 unspecified atom stereocenters. The lowest BCUT2D eigenvalue weighted by Crippen LogP contribution is -2.42. The van der Waals surface area contributed by atoms with Gasteiger partial charge in [-0.25, -0.2) is 15.0 Å². The Hall–Kier alpha value is -5.63. The highest BCUT2D eigenvalue weighted by molar-refractivity contribution is 5.97. The smallest absolute Gasteiger partial charge is 0.257 e. The summed E-state index contributed by atoms with van der Waals surface area (Å²) in [6.07, 6.45) is 7.60. The van der Waals surface area contributed by atoms with E-state index in [1.807, 2.05) is 55.3 Å². The fraction of sp³-hybridized carbons (Fsp3) is 0.395. The quantitative estimate of drug-likeness (QED) is 0.211. The standard InChI is InChI=1S/C38H42N10O4/c1-4-48(32-14-12-30-34(41-32)35(43-42-30)29-11-13-31(37(40-29)51-3)52-28-9-10-28)38(50)27-15-18-46(21-27)22-33(49)47-19-16-25(17-20-47)24-5-7-26(8-6-24)36-39-23-45(2)44-36/h5-8,11-14,16,23,27-28H,4,9-10,15,17-22H2,1-3H3,(H,42,43)/t27-/m1/s1. The monoisotopic (exact) mass is 702 g/mol. The number of ether oxygens (including phenoxy) is 2. The third kappa shape index (κ3) is 6.85. The number of pyridine rings is 2. The first-order chi connectivity index (χ1) is 25.4. The van der Waals surface area contributed by atoms with E-state index in [1.54, 1.807) is 23.0 Å². The molecule has 0 spiro atoms. The number of hydrogen-bond acceptors (Lipinski definition) is 10. The van der Waals surface area contributed by atoms with Crippen LogP contribution in [0.4, 0.5) is 5.82 Å². The molecule has 268 valence electrons. The molecule has 1 saturated heterocycles. The van der Waals surface area contributed by atoms with Gasteiger partial charge in [0.2, 0.25) is 11.8 Å². The van der Waals surface area contributed by atoms with Gasteiger partial charge >= 0.3 is 0 Å². The van der Waals surface area contributed by atoms with Crippen molar-refractivity contribution in [3.05, 3.63) is 66.5 Å². The van der Waals surface area contributed by atoms with Crippen molar-refractivity contribution in [2.75, 3.05) is 51.3 Å². The molecule has 14 nitrogen and oxygen atoms in total. The molecule has 2 aliphatic heterocycles. The van der Waals surface area contributed by atoms with Gasteiger partial charge in [0.15, 0.2) is 11.6 Å². The van der Waals surface area contributed by atoms with E-state index in [4.69, 9.17) is 14.5 Å². The van der Waals surface area contributed by atoms with E-state index in [0.29, 0.717) is 85.9 Å². The molecule has 5 aromatic rings. The van der Waals surface area contributed by atoms with Gasteiger partial charge in [-0.2, -0.15) is 10.2 Å². The molecule has 52 heavy (non-hydrogen) atoms. The largest absolute Gasteiger partial charge is 0.485 e. The summed E-state index contributed by atoms with van der Waals surface area (Å²) in [6, 6.07) is 15.7. The number of fused-ring (bicyclic) bond motifs is 1. The van der Waals surface area contributed by atoms with Crippen molar-refractivity contribution in [3.8, 4) is 34.4 Å². The average Bonchev–Trinajstić information content (AvgIpc) is 3.48. The van der Waals surface area contributed by atoms with Gasteiger partial charge in [-0.1, -0.05) is 30.3 Å². The first-order valence-corrected chi connectivity index (χ1v) is 17.9. The number of carbonyl (C=O) groups excluding carboxylic acids is 2. The highest BCUT2D eigenvalue weighted by Gasteiger charge is 2.34. The third-order valence-electron chi connectivity index (χ3n) is 9.99. The van der Waals surface area contributed by atoms with E-state index in [-0.39, 0.29) is 23.8 Å². The van der Waals surface area contributed by atoms with Crippen molar-refractivity contribution >= 4 is 34.2 Å². The van der Waals surface area contributed by atoms with Gasteiger partial charge in [0.1, 0.15) is 23.4 Å². The second-order valence-corrected chi connectivity index (χ2v) is 13.6. The first kappa shape index (κ1) is 33.5. The van der Waals surface area contributed by atoms with E-state index >= 15 is 0 Å². The lowest BCUT2D eigenvalue weighted by atomic mass is 9.98. The van der Waals surface area contributed by atoms with Crippen molar-refractivity contribution in [1.29, 1.82) is 0 Å². The zero-order valence-corrected chi connectivity index (χ0v) is 29.7. The topological polar surface area (TPSA) is 147 Å². The minimum absolute atomic E-state index is 0.00566. The van der Waals surface area contributed by atoms with Crippen LogP contribution in [0.15, 0.2) is 60.9 Å². The molecule has 0 radical (unpaired) electrons. The zero-order chi connectivity index (χ0) is 35.8. The molecule has 2 fully saturated rings. The second-order valence-electron chi connectivity index (χ2n) is 13.6. The number of anilines is 1. The van der Waals surface area contributed by atoms with Gasteiger partial charge in [-0.3, -0.25) is 29.2 Å². The van der Waals surface area contributed by atoms with Crippen molar-refractivity contribution in [3.63, 3.8) is 0 Å². The summed E-state index contributed by atoms with van der Waals surface area (Å²) >= 11 is 0. The SMILES string of the molecule is CCN(C(=O)[C@@H]1CCN(CC(=O)N2CC=C(c3ccc(-c4ncn(C)n4)cc3)CC2)C1)c1ccc2[nH]nc(-c3ccc(OC4CC4)c(OC)n3)c2n1. The van der Waals surface area contributed by atoms with E-state index < -0.39 is 0 Å². The molecule has 1 N–H and O–H groups in total. The van der Waals surface area contributed by atoms with E-state index in [9.17, 15) is 9.59 Å².